The number of rotatable bonds is 6. The smallest absolute Gasteiger partial charge is 0.237 e. The molecule has 1 heterocycles. The van der Waals surface area contributed by atoms with Crippen LogP contribution in [0.25, 0.3) is 22.5 Å². The van der Waals surface area contributed by atoms with Gasteiger partial charge in [-0.1, -0.05) is 83.0 Å². The van der Waals surface area contributed by atoms with Gasteiger partial charge in [0.1, 0.15) is 5.82 Å². The van der Waals surface area contributed by atoms with Crippen LogP contribution in [0.1, 0.15) is 18.1 Å². The molecule has 0 aliphatic carbocycles. The lowest BCUT2D eigenvalue weighted by atomic mass is 10.0. The number of aromatic amines is 1. The number of nitrogens with one attached hydrogen (secondary N) is 2. The first-order chi connectivity index (χ1) is 15.8. The standard InChI is InChI=1S/C26H23ClFN3OS/c1-15-4-8-18(9-5-15)23-24(19-10-6-16(2)7-11-19)31-26(30-23)33-17(3)25(32)29-20-12-13-22(28)21(27)14-20/h4-14,17H,1-3H3,(H,29,32)(H,30,31). The molecule has 0 fully saturated rings. The molecule has 33 heavy (non-hydrogen) atoms. The number of nitrogens with zero attached hydrogens (tertiary/aromatic N) is 1. The van der Waals surface area contributed by atoms with Gasteiger partial charge in [0.15, 0.2) is 5.16 Å². The number of aromatic nitrogens is 2. The van der Waals surface area contributed by atoms with Gasteiger partial charge in [-0.3, -0.25) is 4.79 Å². The molecule has 4 nitrogen and oxygen atoms in total. The molecule has 3 aromatic carbocycles. The molecule has 2 N–H and O–H groups in total. The van der Waals surface area contributed by atoms with Crippen molar-refractivity contribution in [2.24, 2.45) is 0 Å². The van der Waals surface area contributed by atoms with Crippen LogP contribution in [0.4, 0.5) is 10.1 Å². The van der Waals surface area contributed by atoms with E-state index in [0.717, 1.165) is 22.5 Å². The van der Waals surface area contributed by atoms with Crippen LogP contribution in [0.15, 0.2) is 71.9 Å². The summed E-state index contributed by atoms with van der Waals surface area (Å²) in [5.74, 6) is -0.757. The van der Waals surface area contributed by atoms with Crippen LogP contribution in [0.5, 0.6) is 0 Å². The molecule has 1 aromatic heterocycles. The highest BCUT2D eigenvalue weighted by Gasteiger charge is 2.20. The predicted molar refractivity (Wildman–Crippen MR) is 134 cm³/mol. The molecule has 0 radical (unpaired) electrons. The maximum Gasteiger partial charge on any atom is 0.237 e. The number of anilines is 1. The molecular weight excluding hydrogens is 457 g/mol. The number of carbonyl (C=O) groups excluding carboxylic acids is 1. The summed E-state index contributed by atoms with van der Waals surface area (Å²) in [6, 6.07) is 20.5. The van der Waals surface area contributed by atoms with Crippen molar-refractivity contribution >= 4 is 35.0 Å². The van der Waals surface area contributed by atoms with Crippen molar-refractivity contribution in [3.63, 3.8) is 0 Å². The first-order valence-corrected chi connectivity index (χ1v) is 11.7. The van der Waals surface area contributed by atoms with Crippen LogP contribution in [-0.4, -0.2) is 21.1 Å². The number of hydrogen-bond donors (Lipinski definition) is 2. The van der Waals surface area contributed by atoms with Crippen molar-refractivity contribution in [2.45, 2.75) is 31.2 Å². The van der Waals surface area contributed by atoms with Gasteiger partial charge in [-0.15, -0.1) is 0 Å². The van der Waals surface area contributed by atoms with E-state index in [1.54, 1.807) is 6.92 Å². The minimum absolute atomic E-state index is 0.0374. The Balaban J connectivity index is 1.59. The number of thioether (sulfide) groups is 1. The summed E-state index contributed by atoms with van der Waals surface area (Å²) in [4.78, 5) is 20.9. The van der Waals surface area contributed by atoms with Gasteiger partial charge in [-0.2, -0.15) is 0 Å². The highest BCUT2D eigenvalue weighted by molar-refractivity contribution is 8.00. The second-order valence-electron chi connectivity index (χ2n) is 7.88. The van der Waals surface area contributed by atoms with E-state index in [0.29, 0.717) is 10.8 Å². The maximum absolute atomic E-state index is 13.4. The maximum atomic E-state index is 13.4. The average Bonchev–Trinajstić information content (AvgIpc) is 3.21. The summed E-state index contributed by atoms with van der Waals surface area (Å²) >= 11 is 7.14. The van der Waals surface area contributed by atoms with E-state index in [9.17, 15) is 9.18 Å². The van der Waals surface area contributed by atoms with Crippen molar-refractivity contribution in [2.75, 3.05) is 5.32 Å². The quantitative estimate of drug-likeness (QED) is 0.286. The Morgan fingerprint density at radius 2 is 1.61 bits per heavy atom. The van der Waals surface area contributed by atoms with Crippen molar-refractivity contribution in [3.05, 3.63) is 88.7 Å². The molecule has 1 atom stereocenters. The summed E-state index contributed by atoms with van der Waals surface area (Å²) in [6.07, 6.45) is 0. The molecule has 4 aromatic rings. The number of carbonyl (C=O) groups is 1. The van der Waals surface area contributed by atoms with Crippen molar-refractivity contribution in [3.8, 4) is 22.5 Å². The third-order valence-corrected chi connectivity index (χ3v) is 6.47. The van der Waals surface area contributed by atoms with Gasteiger partial charge in [0.05, 0.1) is 21.7 Å². The molecule has 0 aliphatic rings. The number of amides is 1. The third-order valence-electron chi connectivity index (χ3n) is 5.19. The SMILES string of the molecule is Cc1ccc(-c2nc(SC(C)C(=O)Nc3ccc(F)c(Cl)c3)[nH]c2-c2ccc(C)cc2)cc1. The fourth-order valence-electron chi connectivity index (χ4n) is 3.30. The fraction of sp³-hybridized carbons (Fsp3) is 0.154. The van der Waals surface area contributed by atoms with E-state index in [1.807, 2.05) is 26.0 Å². The van der Waals surface area contributed by atoms with E-state index in [2.05, 4.69) is 46.7 Å². The molecule has 168 valence electrons. The second kappa shape index (κ2) is 9.81. The average molecular weight is 480 g/mol. The minimum atomic E-state index is -0.528. The fourth-order valence-corrected chi connectivity index (χ4v) is 4.28. The summed E-state index contributed by atoms with van der Waals surface area (Å²) < 4.78 is 13.4. The Morgan fingerprint density at radius 3 is 2.21 bits per heavy atom. The number of halogens is 2. The molecule has 0 bridgehead atoms. The van der Waals surface area contributed by atoms with Crippen LogP contribution in [0.2, 0.25) is 5.02 Å². The molecule has 1 amide bonds. The Hall–Kier alpha value is -3.09. The highest BCUT2D eigenvalue weighted by atomic mass is 35.5. The first-order valence-electron chi connectivity index (χ1n) is 10.5. The van der Waals surface area contributed by atoms with Crippen LogP contribution >= 0.6 is 23.4 Å². The number of aryl methyl sites for hydroxylation is 2. The third kappa shape index (κ3) is 5.46. The molecule has 0 spiro atoms. The Bertz CT molecular complexity index is 1220. The molecule has 4 rings (SSSR count). The van der Waals surface area contributed by atoms with Gasteiger partial charge >= 0.3 is 0 Å². The zero-order valence-electron chi connectivity index (χ0n) is 18.4. The lowest BCUT2D eigenvalue weighted by molar-refractivity contribution is -0.115. The van der Waals surface area contributed by atoms with E-state index in [-0.39, 0.29) is 10.9 Å². The summed E-state index contributed by atoms with van der Waals surface area (Å²) in [5, 5.41) is 2.93. The zero-order valence-corrected chi connectivity index (χ0v) is 20.0. The van der Waals surface area contributed by atoms with Gasteiger partial charge < -0.3 is 10.3 Å². The highest BCUT2D eigenvalue weighted by Crippen LogP contribution is 2.34. The minimum Gasteiger partial charge on any atom is -0.332 e. The monoisotopic (exact) mass is 479 g/mol. The molecule has 0 saturated carbocycles. The van der Waals surface area contributed by atoms with Gasteiger partial charge in [0.2, 0.25) is 5.91 Å². The molecule has 0 saturated heterocycles. The van der Waals surface area contributed by atoms with Crippen LogP contribution in [-0.2, 0) is 4.79 Å². The van der Waals surface area contributed by atoms with Crippen LogP contribution < -0.4 is 5.32 Å². The van der Waals surface area contributed by atoms with Crippen LogP contribution in [0, 0.1) is 19.7 Å². The number of hydrogen-bond acceptors (Lipinski definition) is 3. The summed E-state index contributed by atoms with van der Waals surface area (Å²) in [6.45, 7) is 5.89. The van der Waals surface area contributed by atoms with Gasteiger partial charge in [-0.25, -0.2) is 9.37 Å². The number of benzene rings is 3. The lowest BCUT2D eigenvalue weighted by Crippen LogP contribution is -2.22. The van der Waals surface area contributed by atoms with Crippen LogP contribution in [0.3, 0.4) is 0 Å². The Morgan fingerprint density at radius 1 is 1.00 bits per heavy atom. The van der Waals surface area contributed by atoms with E-state index in [1.165, 1.54) is 41.1 Å². The molecule has 0 aliphatic heterocycles. The Labute approximate surface area is 201 Å². The van der Waals surface area contributed by atoms with Crippen molar-refractivity contribution < 1.29 is 9.18 Å². The van der Waals surface area contributed by atoms with Gasteiger partial charge in [0, 0.05) is 16.8 Å². The Kier molecular flexibility index (Phi) is 6.86. The van der Waals surface area contributed by atoms with Crippen molar-refractivity contribution in [1.29, 1.82) is 0 Å². The molecular formula is C26H23ClFN3OS. The number of H-pyrrole nitrogens is 1. The van der Waals surface area contributed by atoms with E-state index in [4.69, 9.17) is 16.6 Å². The van der Waals surface area contributed by atoms with E-state index >= 15 is 0 Å². The van der Waals surface area contributed by atoms with Crippen molar-refractivity contribution in [1.82, 2.24) is 9.97 Å². The normalized spacial score (nSPS) is 11.9. The van der Waals surface area contributed by atoms with Gasteiger partial charge in [0.25, 0.3) is 0 Å². The largest absolute Gasteiger partial charge is 0.332 e. The lowest BCUT2D eigenvalue weighted by Gasteiger charge is -2.11. The molecule has 7 heteroatoms. The second-order valence-corrected chi connectivity index (χ2v) is 9.61. The number of imidazole rings is 1. The summed E-state index contributed by atoms with van der Waals surface area (Å²) in [5.41, 5.74) is 6.55. The first kappa shape index (κ1) is 23.1. The molecule has 1 unspecified atom stereocenters. The van der Waals surface area contributed by atoms with E-state index < -0.39 is 11.1 Å². The summed E-state index contributed by atoms with van der Waals surface area (Å²) in [7, 11) is 0. The topological polar surface area (TPSA) is 57.8 Å². The zero-order chi connectivity index (χ0) is 23.5. The van der Waals surface area contributed by atoms with Gasteiger partial charge in [-0.05, 0) is 39.0 Å². The predicted octanol–water partition coefficient (Wildman–Crippen LogP) is 7.27.